The summed E-state index contributed by atoms with van der Waals surface area (Å²) in [6.45, 7) is 0. The number of H-pyrrole nitrogens is 1. The minimum absolute atomic E-state index is 0.0563. The molecule has 0 saturated carbocycles. The van der Waals surface area contributed by atoms with E-state index in [4.69, 9.17) is 17.3 Å². The molecule has 0 radical (unpaired) electrons. The van der Waals surface area contributed by atoms with Crippen LogP contribution in [0.5, 0.6) is 0 Å². The van der Waals surface area contributed by atoms with Gasteiger partial charge in [-0.05, 0) is 18.2 Å². The van der Waals surface area contributed by atoms with Gasteiger partial charge in [-0.15, -0.1) is 0 Å². The second-order valence-electron chi connectivity index (χ2n) is 4.96. The highest BCUT2D eigenvalue weighted by molar-refractivity contribution is 7.22. The fourth-order valence-electron chi connectivity index (χ4n) is 2.49. The van der Waals surface area contributed by atoms with E-state index in [-0.39, 0.29) is 5.69 Å². The maximum Gasteiger partial charge on any atom is 0.270 e. The number of anilines is 1. The summed E-state index contributed by atoms with van der Waals surface area (Å²) >= 11 is 7.57. The molecule has 4 aromatic rings. The fourth-order valence-corrected chi connectivity index (χ4v) is 3.54. The molecule has 8 nitrogen and oxygen atoms in total. The minimum Gasteiger partial charge on any atom is -0.375 e. The molecular weight excluding hydrogens is 352 g/mol. The Bertz CT molecular complexity index is 1080. The Kier molecular flexibility index (Phi) is 3.25. The largest absolute Gasteiger partial charge is 0.375 e. The SMILES string of the molecule is Nc1nc2[nH]nc(-n3cccc3-c3ccc([N+](=O)[O-])cc3Cl)c2s1. The van der Waals surface area contributed by atoms with E-state index in [2.05, 4.69) is 15.2 Å². The van der Waals surface area contributed by atoms with E-state index >= 15 is 0 Å². The van der Waals surface area contributed by atoms with Crippen LogP contribution >= 0.6 is 22.9 Å². The number of fused-ring (bicyclic) bond motifs is 1. The predicted molar refractivity (Wildman–Crippen MR) is 92.6 cm³/mol. The second kappa shape index (κ2) is 5.32. The Morgan fingerprint density at radius 1 is 1.38 bits per heavy atom. The molecule has 0 aliphatic rings. The molecule has 4 rings (SSSR count). The molecule has 0 fully saturated rings. The van der Waals surface area contributed by atoms with E-state index in [1.807, 2.05) is 22.9 Å². The van der Waals surface area contributed by atoms with Gasteiger partial charge in [-0.1, -0.05) is 22.9 Å². The number of non-ortho nitro benzene ring substituents is 1. The van der Waals surface area contributed by atoms with Crippen LogP contribution in [0.25, 0.3) is 27.4 Å². The molecule has 3 N–H and O–H groups in total. The van der Waals surface area contributed by atoms with Gasteiger partial charge >= 0.3 is 0 Å². The summed E-state index contributed by atoms with van der Waals surface area (Å²) < 4.78 is 2.66. The van der Waals surface area contributed by atoms with E-state index in [9.17, 15) is 10.1 Å². The summed E-state index contributed by atoms with van der Waals surface area (Å²) in [6.07, 6.45) is 1.83. The number of nitro benzene ring substituents is 1. The maximum atomic E-state index is 10.9. The number of hydrogen-bond acceptors (Lipinski definition) is 6. The maximum absolute atomic E-state index is 10.9. The minimum atomic E-state index is -0.480. The number of nitro groups is 1. The number of aromatic amines is 1. The topological polar surface area (TPSA) is 116 Å². The lowest BCUT2D eigenvalue weighted by molar-refractivity contribution is -0.384. The molecule has 120 valence electrons. The van der Waals surface area contributed by atoms with Crippen molar-refractivity contribution in [3.05, 3.63) is 51.7 Å². The second-order valence-corrected chi connectivity index (χ2v) is 6.40. The normalized spacial score (nSPS) is 11.2. The lowest BCUT2D eigenvalue weighted by atomic mass is 10.1. The molecule has 0 atom stereocenters. The number of nitrogens with zero attached hydrogens (tertiary/aromatic N) is 4. The van der Waals surface area contributed by atoms with Gasteiger partial charge in [-0.3, -0.25) is 19.8 Å². The first-order valence-electron chi connectivity index (χ1n) is 6.77. The molecule has 0 amide bonds. The highest BCUT2D eigenvalue weighted by Crippen LogP contribution is 2.35. The number of nitrogens with two attached hydrogens (primary N) is 1. The van der Waals surface area contributed by atoms with E-state index < -0.39 is 4.92 Å². The molecule has 0 unspecified atom stereocenters. The van der Waals surface area contributed by atoms with E-state index in [0.29, 0.717) is 27.2 Å². The quantitative estimate of drug-likeness (QED) is 0.427. The van der Waals surface area contributed by atoms with Crippen molar-refractivity contribution in [1.29, 1.82) is 0 Å². The highest BCUT2D eigenvalue weighted by atomic mass is 35.5. The molecule has 3 aromatic heterocycles. The zero-order valence-electron chi connectivity index (χ0n) is 11.9. The Labute approximate surface area is 143 Å². The van der Waals surface area contributed by atoms with E-state index in [1.165, 1.54) is 23.5 Å². The first-order valence-corrected chi connectivity index (χ1v) is 7.96. The van der Waals surface area contributed by atoms with Gasteiger partial charge in [0, 0.05) is 23.9 Å². The number of nitrogen functional groups attached to an aromatic ring is 1. The molecular formula is C14H9ClN6O2S. The third kappa shape index (κ3) is 2.22. The first kappa shape index (κ1) is 14.7. The zero-order chi connectivity index (χ0) is 16.8. The monoisotopic (exact) mass is 360 g/mol. The molecule has 3 heterocycles. The molecule has 0 saturated heterocycles. The Hall–Kier alpha value is -2.91. The smallest absolute Gasteiger partial charge is 0.270 e. The average Bonchev–Trinajstić information content (AvgIpc) is 3.22. The number of benzene rings is 1. The summed E-state index contributed by atoms with van der Waals surface area (Å²) in [5, 5.41) is 18.7. The third-order valence-corrected chi connectivity index (χ3v) is 4.72. The predicted octanol–water partition coefficient (Wildman–Crippen LogP) is 3.62. The van der Waals surface area contributed by atoms with Crippen LogP contribution in [0, 0.1) is 10.1 Å². The van der Waals surface area contributed by atoms with Gasteiger partial charge in [0.15, 0.2) is 16.6 Å². The van der Waals surface area contributed by atoms with Crippen LogP contribution in [0.2, 0.25) is 5.02 Å². The number of rotatable bonds is 3. The Balaban J connectivity index is 1.88. The number of hydrogen-bond donors (Lipinski definition) is 2. The average molecular weight is 361 g/mol. The molecule has 0 spiro atoms. The standard InChI is InChI=1S/C14H9ClN6O2S/c15-9-6-7(21(22)23)3-4-8(9)10-2-1-5-20(10)13-11-12(18-19-13)17-14(16)24-11/h1-6H,(H3,16,17,18,19). The van der Waals surface area contributed by atoms with Crippen LogP contribution in [0.15, 0.2) is 36.5 Å². The third-order valence-electron chi connectivity index (χ3n) is 3.53. The number of halogens is 1. The summed E-state index contributed by atoms with van der Waals surface area (Å²) in [5.41, 5.74) is 7.72. The van der Waals surface area contributed by atoms with Crippen LogP contribution in [0.4, 0.5) is 10.8 Å². The Morgan fingerprint density at radius 2 is 2.21 bits per heavy atom. The van der Waals surface area contributed by atoms with Gasteiger partial charge in [-0.25, -0.2) is 4.98 Å². The van der Waals surface area contributed by atoms with Crippen molar-refractivity contribution in [2.75, 3.05) is 5.73 Å². The van der Waals surface area contributed by atoms with E-state index in [1.54, 1.807) is 6.07 Å². The van der Waals surface area contributed by atoms with Crippen molar-refractivity contribution in [3.8, 4) is 17.1 Å². The van der Waals surface area contributed by atoms with Crippen LogP contribution in [-0.4, -0.2) is 24.7 Å². The van der Waals surface area contributed by atoms with Gasteiger partial charge in [0.05, 0.1) is 15.6 Å². The zero-order valence-corrected chi connectivity index (χ0v) is 13.5. The number of aromatic nitrogens is 4. The number of nitrogens with one attached hydrogen (secondary N) is 1. The molecule has 10 heteroatoms. The van der Waals surface area contributed by atoms with Crippen molar-refractivity contribution in [2.24, 2.45) is 0 Å². The fraction of sp³-hybridized carbons (Fsp3) is 0. The summed E-state index contributed by atoms with van der Waals surface area (Å²) in [5.74, 6) is 0.647. The lowest BCUT2D eigenvalue weighted by Gasteiger charge is -2.08. The van der Waals surface area contributed by atoms with Crippen molar-refractivity contribution in [2.45, 2.75) is 0 Å². The van der Waals surface area contributed by atoms with Gasteiger partial charge in [0.2, 0.25) is 0 Å². The van der Waals surface area contributed by atoms with Crippen molar-refractivity contribution < 1.29 is 4.92 Å². The van der Waals surface area contributed by atoms with Gasteiger partial charge in [0.25, 0.3) is 5.69 Å². The molecule has 1 aromatic carbocycles. The first-order chi connectivity index (χ1) is 11.5. The van der Waals surface area contributed by atoms with Crippen molar-refractivity contribution in [1.82, 2.24) is 19.7 Å². The number of thiazole rings is 1. The van der Waals surface area contributed by atoms with Gasteiger partial charge in [0.1, 0.15) is 4.70 Å². The van der Waals surface area contributed by atoms with Crippen LogP contribution in [0.1, 0.15) is 0 Å². The summed E-state index contributed by atoms with van der Waals surface area (Å²) in [6, 6.07) is 8.08. The summed E-state index contributed by atoms with van der Waals surface area (Å²) in [4.78, 5) is 14.5. The van der Waals surface area contributed by atoms with Gasteiger partial charge in [-0.2, -0.15) is 5.10 Å². The van der Waals surface area contributed by atoms with Gasteiger partial charge < -0.3 is 5.73 Å². The van der Waals surface area contributed by atoms with Crippen LogP contribution < -0.4 is 5.73 Å². The molecule has 0 aliphatic carbocycles. The lowest BCUT2D eigenvalue weighted by Crippen LogP contribution is -1.97. The Morgan fingerprint density at radius 3 is 2.96 bits per heavy atom. The molecule has 0 bridgehead atoms. The van der Waals surface area contributed by atoms with E-state index in [0.717, 1.165) is 10.4 Å². The van der Waals surface area contributed by atoms with Crippen LogP contribution in [0.3, 0.4) is 0 Å². The van der Waals surface area contributed by atoms with Crippen molar-refractivity contribution >= 4 is 44.1 Å². The molecule has 0 aliphatic heterocycles. The molecule has 24 heavy (non-hydrogen) atoms. The van der Waals surface area contributed by atoms with Crippen molar-refractivity contribution in [3.63, 3.8) is 0 Å². The highest BCUT2D eigenvalue weighted by Gasteiger charge is 2.18. The van der Waals surface area contributed by atoms with Crippen LogP contribution in [-0.2, 0) is 0 Å². The summed E-state index contributed by atoms with van der Waals surface area (Å²) in [7, 11) is 0.